The molecule has 96 valence electrons. The number of nitrogens with zero attached hydrogens (tertiary/aromatic N) is 1. The van der Waals surface area contributed by atoms with E-state index in [0.717, 1.165) is 10.4 Å². The van der Waals surface area contributed by atoms with Crippen molar-refractivity contribution in [1.29, 1.82) is 0 Å². The Bertz CT molecular complexity index is 550. The maximum absolute atomic E-state index is 11.1. The molecule has 0 N–H and O–H groups in total. The Morgan fingerprint density at radius 2 is 1.94 bits per heavy atom. The van der Waals surface area contributed by atoms with E-state index in [1.54, 1.807) is 22.7 Å². The third-order valence-corrected chi connectivity index (χ3v) is 4.72. The zero-order valence-electron chi connectivity index (χ0n) is 10.2. The molecule has 0 radical (unpaired) electrons. The molecule has 0 saturated carbocycles. The highest BCUT2D eigenvalue weighted by Crippen LogP contribution is 2.20. The minimum absolute atomic E-state index is 0.132. The fourth-order valence-electron chi connectivity index (χ4n) is 1.52. The van der Waals surface area contributed by atoms with Crippen LogP contribution in [0.25, 0.3) is 9.40 Å². The molecule has 18 heavy (non-hydrogen) atoms. The van der Waals surface area contributed by atoms with E-state index >= 15 is 0 Å². The molecule has 0 aliphatic heterocycles. The number of benzene rings is 1. The van der Waals surface area contributed by atoms with Gasteiger partial charge in [-0.1, -0.05) is 12.1 Å². The largest absolute Gasteiger partial charge is 0.466 e. The highest BCUT2D eigenvalue weighted by molar-refractivity contribution is 7.35. The number of esters is 1. The van der Waals surface area contributed by atoms with Crippen LogP contribution in [0.15, 0.2) is 29.3 Å². The van der Waals surface area contributed by atoms with Crippen LogP contribution in [0.3, 0.4) is 0 Å². The zero-order valence-corrected chi connectivity index (χ0v) is 11.9. The lowest BCUT2D eigenvalue weighted by molar-refractivity contribution is -0.143. The predicted molar refractivity (Wildman–Crippen MR) is 76.0 cm³/mol. The fourth-order valence-corrected chi connectivity index (χ4v) is 3.79. The molecule has 2 rings (SSSR count). The summed E-state index contributed by atoms with van der Waals surface area (Å²) in [6.45, 7) is 2.96. The van der Waals surface area contributed by atoms with E-state index in [1.807, 2.05) is 19.1 Å². The van der Waals surface area contributed by atoms with Gasteiger partial charge in [-0.15, -0.1) is 22.7 Å². The van der Waals surface area contributed by atoms with Crippen molar-refractivity contribution < 1.29 is 9.53 Å². The first-order chi connectivity index (χ1) is 8.79. The lowest BCUT2D eigenvalue weighted by atomic mass is 10.3. The van der Waals surface area contributed by atoms with Crippen LogP contribution in [0, 0.1) is 0 Å². The molecule has 2 aromatic rings. The van der Waals surface area contributed by atoms with Crippen LogP contribution in [0.2, 0.25) is 0 Å². The molecule has 0 aliphatic carbocycles. The normalized spacial score (nSPS) is 10.5. The molecule has 5 heteroatoms. The minimum atomic E-state index is -0.132. The van der Waals surface area contributed by atoms with Crippen LogP contribution in [-0.4, -0.2) is 19.1 Å². The second-order valence-electron chi connectivity index (χ2n) is 3.71. The molecule has 1 heterocycles. The minimum Gasteiger partial charge on any atom is -0.466 e. The van der Waals surface area contributed by atoms with Gasteiger partial charge in [0, 0.05) is 22.4 Å². The highest BCUT2D eigenvalue weighted by atomic mass is 32.2. The molecule has 0 unspecified atom stereocenters. The third-order valence-electron chi connectivity index (χ3n) is 2.33. The first-order valence-electron chi connectivity index (χ1n) is 5.94. The van der Waals surface area contributed by atoms with Crippen molar-refractivity contribution >= 4 is 38.0 Å². The summed E-state index contributed by atoms with van der Waals surface area (Å²) in [7, 11) is 0. The third kappa shape index (κ3) is 3.65. The van der Waals surface area contributed by atoms with E-state index in [2.05, 4.69) is 17.1 Å². The van der Waals surface area contributed by atoms with E-state index in [4.69, 9.17) is 4.74 Å². The molecule has 0 spiro atoms. The Kier molecular flexibility index (Phi) is 4.90. The molecule has 0 bridgehead atoms. The molecule has 0 amide bonds. The average molecular weight is 281 g/mol. The first kappa shape index (κ1) is 13.2. The van der Waals surface area contributed by atoms with Crippen LogP contribution < -0.4 is 3.98 Å². The fraction of sp³-hybridized carbons (Fsp3) is 0.385. The van der Waals surface area contributed by atoms with Crippen molar-refractivity contribution in [3.05, 3.63) is 28.3 Å². The number of rotatable bonds is 5. The standard InChI is InChI=1S/C13H15NO2S2/c1-2-16-12(15)8-5-9-14-13-17-10-6-3-4-7-11(10)18-13/h3-4,6-7H,2,5,8-9H2,1H3. The zero-order chi connectivity index (χ0) is 12.8. The van der Waals surface area contributed by atoms with Crippen molar-refractivity contribution in [3.8, 4) is 0 Å². The monoisotopic (exact) mass is 281 g/mol. The van der Waals surface area contributed by atoms with Crippen molar-refractivity contribution in [2.24, 2.45) is 4.99 Å². The van der Waals surface area contributed by atoms with Crippen LogP contribution >= 0.6 is 22.7 Å². The number of hydrogen-bond donors (Lipinski definition) is 0. The van der Waals surface area contributed by atoms with Gasteiger partial charge in [-0.3, -0.25) is 9.79 Å². The van der Waals surface area contributed by atoms with Gasteiger partial charge in [0.15, 0.2) is 3.98 Å². The van der Waals surface area contributed by atoms with Gasteiger partial charge in [0.25, 0.3) is 0 Å². The molecule has 1 aromatic heterocycles. The summed E-state index contributed by atoms with van der Waals surface area (Å²) < 4.78 is 8.48. The van der Waals surface area contributed by atoms with Gasteiger partial charge in [0.05, 0.1) is 6.61 Å². The summed E-state index contributed by atoms with van der Waals surface area (Å²) in [6, 6.07) is 8.29. The maximum atomic E-state index is 11.1. The van der Waals surface area contributed by atoms with Gasteiger partial charge in [-0.25, -0.2) is 0 Å². The summed E-state index contributed by atoms with van der Waals surface area (Å²) in [6.07, 6.45) is 1.20. The summed E-state index contributed by atoms with van der Waals surface area (Å²) >= 11 is 3.40. The van der Waals surface area contributed by atoms with Gasteiger partial charge in [0.1, 0.15) is 0 Å². The van der Waals surface area contributed by atoms with Gasteiger partial charge in [-0.05, 0) is 25.5 Å². The van der Waals surface area contributed by atoms with Gasteiger partial charge >= 0.3 is 5.97 Å². The maximum Gasteiger partial charge on any atom is 0.305 e. The van der Waals surface area contributed by atoms with Gasteiger partial charge in [0.2, 0.25) is 0 Å². The summed E-state index contributed by atoms with van der Waals surface area (Å²) in [5.41, 5.74) is 0. The second-order valence-corrected chi connectivity index (χ2v) is 6.03. The Morgan fingerprint density at radius 1 is 1.28 bits per heavy atom. The Balaban J connectivity index is 1.91. The molecule has 0 aliphatic rings. The smallest absolute Gasteiger partial charge is 0.305 e. The molecule has 3 nitrogen and oxygen atoms in total. The molecule has 0 fully saturated rings. The van der Waals surface area contributed by atoms with E-state index < -0.39 is 0 Å². The molecular formula is C13H15NO2S2. The van der Waals surface area contributed by atoms with Gasteiger partial charge < -0.3 is 4.74 Å². The van der Waals surface area contributed by atoms with E-state index in [9.17, 15) is 4.79 Å². The topological polar surface area (TPSA) is 38.7 Å². The van der Waals surface area contributed by atoms with E-state index in [-0.39, 0.29) is 5.97 Å². The summed E-state index contributed by atoms with van der Waals surface area (Å²) in [5, 5.41) is 0. The molecule has 1 aromatic carbocycles. The Hall–Kier alpha value is -1.20. The Labute approximate surface area is 114 Å². The van der Waals surface area contributed by atoms with E-state index in [1.165, 1.54) is 9.40 Å². The van der Waals surface area contributed by atoms with Crippen molar-refractivity contribution in [2.75, 3.05) is 13.2 Å². The predicted octanol–water partition coefficient (Wildman–Crippen LogP) is 3.21. The van der Waals surface area contributed by atoms with Crippen molar-refractivity contribution in [2.45, 2.75) is 19.8 Å². The van der Waals surface area contributed by atoms with E-state index in [0.29, 0.717) is 19.6 Å². The Morgan fingerprint density at radius 3 is 2.56 bits per heavy atom. The molecule has 0 saturated heterocycles. The number of fused-ring (bicyclic) bond motifs is 1. The highest BCUT2D eigenvalue weighted by Gasteiger charge is 2.00. The van der Waals surface area contributed by atoms with Crippen molar-refractivity contribution in [3.63, 3.8) is 0 Å². The second kappa shape index (κ2) is 6.66. The number of carbonyl (C=O) groups is 1. The molecule has 0 atom stereocenters. The van der Waals surface area contributed by atoms with Crippen molar-refractivity contribution in [1.82, 2.24) is 0 Å². The van der Waals surface area contributed by atoms with Gasteiger partial charge in [-0.2, -0.15) is 0 Å². The van der Waals surface area contributed by atoms with Crippen LogP contribution in [0.5, 0.6) is 0 Å². The SMILES string of the molecule is CCOC(=O)CCCN=c1sc2ccccc2s1. The molecular weight excluding hydrogens is 266 g/mol. The van der Waals surface area contributed by atoms with Crippen LogP contribution in [0.4, 0.5) is 0 Å². The first-order valence-corrected chi connectivity index (χ1v) is 7.57. The summed E-state index contributed by atoms with van der Waals surface area (Å²) in [4.78, 5) is 15.6. The number of ether oxygens (including phenoxy) is 1. The number of hydrogen-bond acceptors (Lipinski definition) is 5. The summed E-state index contributed by atoms with van der Waals surface area (Å²) in [5.74, 6) is -0.132. The lowest BCUT2D eigenvalue weighted by Crippen LogP contribution is -2.04. The quantitative estimate of drug-likeness (QED) is 0.623. The van der Waals surface area contributed by atoms with Crippen LogP contribution in [-0.2, 0) is 9.53 Å². The number of carbonyl (C=O) groups excluding carboxylic acids is 1. The van der Waals surface area contributed by atoms with Crippen LogP contribution in [0.1, 0.15) is 19.8 Å². The average Bonchev–Trinajstić information content (AvgIpc) is 2.77. The lowest BCUT2D eigenvalue weighted by Gasteiger charge is -1.98.